The number of hydrogen-bond donors (Lipinski definition) is 1. The Balaban J connectivity index is 1.42. The first-order valence-electron chi connectivity index (χ1n) is 14.7. The lowest BCUT2D eigenvalue weighted by atomic mass is 9.82. The fraction of sp³-hybridized carbons (Fsp3) is 0.621. The molecule has 0 amide bonds. The first kappa shape index (κ1) is 33.2. The van der Waals surface area contributed by atoms with Gasteiger partial charge >= 0.3 is 18.1 Å². The summed E-state index contributed by atoms with van der Waals surface area (Å²) in [6.45, 7) is 2.48. The average molecular weight is 667 g/mol. The molecule has 2 aromatic heterocycles. The second-order valence-electron chi connectivity index (χ2n) is 11.5. The summed E-state index contributed by atoms with van der Waals surface area (Å²) in [5, 5.41) is 4.22. The van der Waals surface area contributed by atoms with Crippen LogP contribution >= 0.6 is 11.3 Å². The zero-order chi connectivity index (χ0) is 32.5. The van der Waals surface area contributed by atoms with Gasteiger partial charge in [0.05, 0.1) is 40.1 Å². The maximum Gasteiger partial charge on any atom is 0.439 e. The Bertz CT molecular complexity index is 1500. The Hall–Kier alpha value is -3.14. The monoisotopic (exact) mass is 666 g/mol. The van der Waals surface area contributed by atoms with Gasteiger partial charge in [0.1, 0.15) is 11.9 Å². The number of aromatic amines is 1. The fourth-order valence-electron chi connectivity index (χ4n) is 6.02. The zero-order valence-electron chi connectivity index (χ0n) is 24.6. The molecule has 2 aliphatic rings. The molecule has 16 heteroatoms. The van der Waals surface area contributed by atoms with Gasteiger partial charge in [-0.3, -0.25) is 14.4 Å². The van der Waals surface area contributed by atoms with Crippen LogP contribution in [0.4, 0.5) is 30.7 Å². The van der Waals surface area contributed by atoms with E-state index in [0.29, 0.717) is 34.8 Å². The van der Waals surface area contributed by atoms with Crippen molar-refractivity contribution < 1.29 is 44.7 Å². The van der Waals surface area contributed by atoms with E-state index in [2.05, 4.69) is 14.7 Å². The number of halogens is 7. The molecule has 0 radical (unpaired) electrons. The Morgan fingerprint density at radius 3 is 2.22 bits per heavy atom. The Morgan fingerprint density at radius 2 is 1.67 bits per heavy atom. The summed E-state index contributed by atoms with van der Waals surface area (Å²) >= 11 is 1.30. The lowest BCUT2D eigenvalue weighted by Crippen LogP contribution is -2.38. The van der Waals surface area contributed by atoms with Crippen molar-refractivity contribution in [3.8, 4) is 22.9 Å². The van der Waals surface area contributed by atoms with Gasteiger partial charge in [0.15, 0.2) is 17.4 Å². The second kappa shape index (κ2) is 13.3. The molecule has 5 rings (SSSR count). The van der Waals surface area contributed by atoms with Gasteiger partial charge in [0, 0.05) is 18.5 Å². The van der Waals surface area contributed by atoms with Gasteiger partial charge in [-0.25, -0.2) is 14.2 Å². The van der Waals surface area contributed by atoms with E-state index in [1.807, 2.05) is 11.8 Å². The first-order valence-corrected chi connectivity index (χ1v) is 15.5. The number of hydrogen-bond acceptors (Lipinski definition) is 8. The summed E-state index contributed by atoms with van der Waals surface area (Å²) in [6.07, 6.45) is -8.35. The number of ether oxygens (including phenoxy) is 2. The standard InChI is InChI=1S/C29H33F7N4O4S/c1-3-21(43-23-13-22(42-2)18(12-19(23)30)25-38-27(41)44-39-25)24-20(14-40-10-8-17(9-11-40)29(34,35)36)37-26(45-24)15-4-6-16(7-5-15)28(31,32)33/h12-13,15-17,21H,3-11,14H2,1-2H3,(H,38,39,41). The Morgan fingerprint density at radius 1 is 1.02 bits per heavy atom. The van der Waals surface area contributed by atoms with E-state index >= 15 is 4.39 Å². The lowest BCUT2D eigenvalue weighted by Gasteiger charge is -2.32. The molecular formula is C29H33F7N4O4S. The van der Waals surface area contributed by atoms with Gasteiger partial charge in [0.25, 0.3) is 0 Å². The molecule has 1 aliphatic carbocycles. The number of H-pyrrole nitrogens is 1. The molecule has 3 heterocycles. The van der Waals surface area contributed by atoms with Crippen molar-refractivity contribution >= 4 is 11.3 Å². The van der Waals surface area contributed by atoms with E-state index in [0.717, 1.165) is 6.07 Å². The summed E-state index contributed by atoms with van der Waals surface area (Å²) < 4.78 is 111. The number of piperidine rings is 1. The molecule has 1 aromatic carbocycles. The van der Waals surface area contributed by atoms with Crippen LogP contribution in [0.5, 0.6) is 11.5 Å². The lowest BCUT2D eigenvalue weighted by molar-refractivity contribution is -0.185. The fourth-order valence-corrected chi connectivity index (χ4v) is 7.38. The molecule has 3 aromatic rings. The summed E-state index contributed by atoms with van der Waals surface area (Å²) in [4.78, 5) is 21.1. The van der Waals surface area contributed by atoms with Gasteiger partial charge in [-0.15, -0.1) is 11.3 Å². The van der Waals surface area contributed by atoms with Crippen molar-refractivity contribution in [3.63, 3.8) is 0 Å². The Kier molecular flexibility index (Phi) is 9.82. The molecule has 1 saturated carbocycles. The molecule has 8 nitrogen and oxygen atoms in total. The van der Waals surface area contributed by atoms with Crippen molar-refractivity contribution in [1.82, 2.24) is 20.0 Å². The number of benzene rings is 1. The van der Waals surface area contributed by atoms with Crippen LogP contribution < -0.4 is 15.2 Å². The molecule has 1 atom stereocenters. The number of aromatic nitrogens is 3. The minimum atomic E-state index is -4.26. The van der Waals surface area contributed by atoms with Crippen LogP contribution in [0.25, 0.3) is 11.4 Å². The van der Waals surface area contributed by atoms with E-state index in [1.54, 1.807) is 0 Å². The number of alkyl halides is 6. The minimum absolute atomic E-state index is 0.00871. The third-order valence-electron chi connectivity index (χ3n) is 8.59. The number of methoxy groups -OCH3 is 1. The number of thiazole rings is 1. The topological polar surface area (TPSA) is 93.5 Å². The van der Waals surface area contributed by atoms with E-state index in [-0.39, 0.29) is 74.1 Å². The van der Waals surface area contributed by atoms with Crippen molar-refractivity contribution in [2.45, 2.75) is 82.8 Å². The molecule has 0 spiro atoms. The summed E-state index contributed by atoms with van der Waals surface area (Å²) in [7, 11) is 1.35. The molecule has 1 aliphatic heterocycles. The van der Waals surface area contributed by atoms with Gasteiger partial charge in [-0.1, -0.05) is 12.1 Å². The van der Waals surface area contributed by atoms with E-state index in [1.165, 1.54) is 24.5 Å². The highest BCUT2D eigenvalue weighted by molar-refractivity contribution is 7.11. The number of nitrogens with one attached hydrogen (secondary N) is 1. The molecule has 248 valence electrons. The number of nitrogens with zero attached hydrogens (tertiary/aromatic N) is 3. The maximum atomic E-state index is 15.4. The highest BCUT2D eigenvalue weighted by Crippen LogP contribution is 2.46. The maximum absolute atomic E-state index is 15.4. The predicted octanol–water partition coefficient (Wildman–Crippen LogP) is 7.77. The van der Waals surface area contributed by atoms with Crippen molar-refractivity contribution in [2.24, 2.45) is 11.8 Å². The second-order valence-corrected chi connectivity index (χ2v) is 12.5. The number of rotatable bonds is 9. The third kappa shape index (κ3) is 7.64. The summed E-state index contributed by atoms with van der Waals surface area (Å²) in [6, 6.07) is 2.39. The van der Waals surface area contributed by atoms with Gasteiger partial charge in [0.2, 0.25) is 0 Å². The average Bonchev–Trinajstić information content (AvgIpc) is 3.62. The van der Waals surface area contributed by atoms with Crippen molar-refractivity contribution in [1.29, 1.82) is 0 Å². The van der Waals surface area contributed by atoms with Crippen LogP contribution in [-0.4, -0.2) is 52.6 Å². The van der Waals surface area contributed by atoms with Gasteiger partial charge in [-0.05, 0) is 64.1 Å². The predicted molar refractivity (Wildman–Crippen MR) is 150 cm³/mol. The molecule has 2 fully saturated rings. The van der Waals surface area contributed by atoms with Crippen LogP contribution in [0.2, 0.25) is 0 Å². The van der Waals surface area contributed by atoms with Crippen LogP contribution in [0.3, 0.4) is 0 Å². The molecule has 1 unspecified atom stereocenters. The molecule has 1 saturated heterocycles. The molecular weight excluding hydrogens is 633 g/mol. The van der Waals surface area contributed by atoms with Crippen LogP contribution in [0.1, 0.15) is 79.5 Å². The summed E-state index contributed by atoms with van der Waals surface area (Å²) in [5.74, 6) is -4.60. The first-order chi connectivity index (χ1) is 21.3. The largest absolute Gasteiger partial charge is 0.496 e. The van der Waals surface area contributed by atoms with Gasteiger partial charge < -0.3 is 9.47 Å². The molecule has 45 heavy (non-hydrogen) atoms. The SMILES string of the molecule is CCC(Oc1cc(OC)c(-c2noc(=O)[nH]2)cc1F)c1sc(C2CCC(C(F)(F)F)CC2)nc1CN1CCC(C(F)(F)F)CC1. The normalized spacial score (nSPS) is 21.2. The zero-order valence-corrected chi connectivity index (χ0v) is 25.4. The smallest absolute Gasteiger partial charge is 0.439 e. The molecule has 1 N–H and O–H groups in total. The van der Waals surface area contributed by atoms with E-state index < -0.39 is 41.9 Å². The Labute approximate surface area is 257 Å². The molecule has 0 bridgehead atoms. The van der Waals surface area contributed by atoms with E-state index in [9.17, 15) is 31.1 Å². The highest BCUT2D eigenvalue weighted by atomic mass is 32.1. The summed E-state index contributed by atoms with van der Waals surface area (Å²) in [5.41, 5.74) is 0.688. The van der Waals surface area contributed by atoms with Crippen LogP contribution in [-0.2, 0) is 6.54 Å². The van der Waals surface area contributed by atoms with Gasteiger partial charge in [-0.2, -0.15) is 26.3 Å². The van der Waals surface area contributed by atoms with Crippen LogP contribution in [0, 0.1) is 17.7 Å². The van der Waals surface area contributed by atoms with Crippen LogP contribution in [0.15, 0.2) is 21.5 Å². The quantitative estimate of drug-likeness (QED) is 0.233. The van der Waals surface area contributed by atoms with Crippen molar-refractivity contribution in [2.75, 3.05) is 20.2 Å². The van der Waals surface area contributed by atoms with E-state index in [4.69, 9.17) is 14.5 Å². The van der Waals surface area contributed by atoms with Crippen molar-refractivity contribution in [3.05, 3.63) is 44.1 Å². The highest BCUT2D eigenvalue weighted by Gasteiger charge is 2.43. The third-order valence-corrected chi connectivity index (χ3v) is 9.94. The minimum Gasteiger partial charge on any atom is -0.496 e. The number of likely N-dealkylation sites (tertiary alicyclic amines) is 1.